The van der Waals surface area contributed by atoms with Gasteiger partial charge in [0.15, 0.2) is 5.75 Å². The summed E-state index contributed by atoms with van der Waals surface area (Å²) in [6.07, 6.45) is 1.56. The Kier molecular flexibility index (Phi) is 3.57. The van der Waals surface area contributed by atoms with E-state index in [-0.39, 0.29) is 0 Å². The van der Waals surface area contributed by atoms with Crippen molar-refractivity contribution in [3.8, 4) is 17.0 Å². The number of benzene rings is 1. The van der Waals surface area contributed by atoms with E-state index in [0.717, 1.165) is 5.56 Å². The van der Waals surface area contributed by atoms with Crippen LogP contribution in [0.5, 0.6) is 5.75 Å². The van der Waals surface area contributed by atoms with Crippen molar-refractivity contribution >= 4 is 5.91 Å². The molecule has 2 aromatic rings. The van der Waals surface area contributed by atoms with E-state index in [4.69, 9.17) is 10.5 Å². The number of hydrogen-bond donors (Lipinski definition) is 1. The molecule has 0 radical (unpaired) electrons. The third kappa shape index (κ3) is 2.32. The predicted molar refractivity (Wildman–Crippen MR) is 69.4 cm³/mol. The summed E-state index contributed by atoms with van der Waals surface area (Å²) in [5.74, 6) is -0.0725. The number of pyridine rings is 1. The summed E-state index contributed by atoms with van der Waals surface area (Å²) >= 11 is 0. The van der Waals surface area contributed by atoms with Gasteiger partial charge in [0.05, 0.1) is 12.2 Å². The largest absolute Gasteiger partial charge is 0.491 e. The fourth-order valence-corrected chi connectivity index (χ4v) is 1.73. The first-order valence-electron chi connectivity index (χ1n) is 5.71. The Labute approximate surface area is 105 Å². The van der Waals surface area contributed by atoms with Gasteiger partial charge in [0.25, 0.3) is 5.91 Å². The Morgan fingerprint density at radius 3 is 2.61 bits per heavy atom. The molecule has 0 aliphatic heterocycles. The number of amides is 1. The number of nitrogens with two attached hydrogens (primary N) is 1. The Bertz CT molecular complexity index is 553. The van der Waals surface area contributed by atoms with Crippen molar-refractivity contribution in [2.24, 2.45) is 5.73 Å². The summed E-state index contributed by atoms with van der Waals surface area (Å²) in [5.41, 5.74) is 7.22. The molecule has 92 valence electrons. The Balaban J connectivity index is 2.60. The Morgan fingerprint density at radius 1 is 1.28 bits per heavy atom. The first-order chi connectivity index (χ1) is 8.74. The van der Waals surface area contributed by atoms with Gasteiger partial charge in [0, 0.05) is 11.8 Å². The first-order valence-corrected chi connectivity index (χ1v) is 5.71. The molecule has 1 heterocycles. The maximum atomic E-state index is 11.4. The second-order valence-corrected chi connectivity index (χ2v) is 3.70. The molecule has 0 unspecified atom stereocenters. The van der Waals surface area contributed by atoms with Gasteiger partial charge in [0.2, 0.25) is 0 Å². The van der Waals surface area contributed by atoms with Crippen molar-refractivity contribution in [2.75, 3.05) is 6.61 Å². The van der Waals surface area contributed by atoms with E-state index in [0.29, 0.717) is 23.6 Å². The lowest BCUT2D eigenvalue weighted by Crippen LogP contribution is -2.14. The zero-order valence-corrected chi connectivity index (χ0v) is 10.1. The highest BCUT2D eigenvalue weighted by Gasteiger charge is 2.16. The van der Waals surface area contributed by atoms with Crippen molar-refractivity contribution in [1.29, 1.82) is 0 Å². The number of aromatic nitrogens is 1. The molecule has 0 saturated carbocycles. The van der Waals surface area contributed by atoms with Crippen LogP contribution >= 0.6 is 0 Å². The van der Waals surface area contributed by atoms with Crippen LogP contribution in [0.4, 0.5) is 0 Å². The minimum Gasteiger partial charge on any atom is -0.491 e. The molecule has 4 heteroatoms. The molecular formula is C14H14N2O2. The fraction of sp³-hybridized carbons (Fsp3) is 0.143. The van der Waals surface area contributed by atoms with Gasteiger partial charge in [-0.05, 0) is 13.0 Å². The Hall–Kier alpha value is -2.36. The lowest BCUT2D eigenvalue weighted by Gasteiger charge is -2.12. The van der Waals surface area contributed by atoms with Gasteiger partial charge in [-0.25, -0.2) is 0 Å². The monoisotopic (exact) mass is 242 g/mol. The van der Waals surface area contributed by atoms with Crippen molar-refractivity contribution in [3.63, 3.8) is 0 Å². The molecular weight excluding hydrogens is 228 g/mol. The smallest absolute Gasteiger partial charge is 0.252 e. The van der Waals surface area contributed by atoms with E-state index in [1.54, 1.807) is 12.3 Å². The molecule has 2 rings (SSSR count). The molecule has 1 aromatic heterocycles. The molecule has 18 heavy (non-hydrogen) atoms. The number of carbonyl (C=O) groups excluding carboxylic acids is 1. The van der Waals surface area contributed by atoms with Crippen molar-refractivity contribution < 1.29 is 9.53 Å². The van der Waals surface area contributed by atoms with Gasteiger partial charge >= 0.3 is 0 Å². The van der Waals surface area contributed by atoms with E-state index in [1.807, 2.05) is 37.3 Å². The summed E-state index contributed by atoms with van der Waals surface area (Å²) in [6, 6.07) is 11.1. The highest BCUT2D eigenvalue weighted by atomic mass is 16.5. The summed E-state index contributed by atoms with van der Waals surface area (Å²) in [5, 5.41) is 0. The van der Waals surface area contributed by atoms with Crippen LogP contribution < -0.4 is 10.5 Å². The van der Waals surface area contributed by atoms with Crippen molar-refractivity contribution in [2.45, 2.75) is 6.92 Å². The number of primary amides is 1. The quantitative estimate of drug-likeness (QED) is 0.894. The molecule has 1 amide bonds. The average molecular weight is 242 g/mol. The summed E-state index contributed by atoms with van der Waals surface area (Å²) in [4.78, 5) is 15.7. The van der Waals surface area contributed by atoms with E-state index in [9.17, 15) is 4.79 Å². The van der Waals surface area contributed by atoms with Gasteiger partial charge in [-0.3, -0.25) is 9.78 Å². The number of hydrogen-bond acceptors (Lipinski definition) is 3. The second kappa shape index (κ2) is 5.31. The highest BCUT2D eigenvalue weighted by molar-refractivity contribution is 5.97. The third-order valence-corrected chi connectivity index (χ3v) is 2.51. The number of nitrogens with zero attached hydrogens (tertiary/aromatic N) is 1. The van der Waals surface area contributed by atoms with Crippen LogP contribution in [0.15, 0.2) is 42.6 Å². The zero-order valence-electron chi connectivity index (χ0n) is 10.1. The molecule has 0 saturated heterocycles. The van der Waals surface area contributed by atoms with Gasteiger partial charge in [-0.1, -0.05) is 30.3 Å². The van der Waals surface area contributed by atoms with Gasteiger partial charge in [0.1, 0.15) is 5.69 Å². The lowest BCUT2D eigenvalue weighted by atomic mass is 10.1. The number of rotatable bonds is 4. The third-order valence-electron chi connectivity index (χ3n) is 2.51. The molecule has 0 aliphatic carbocycles. The summed E-state index contributed by atoms with van der Waals surface area (Å²) in [6.45, 7) is 2.30. The molecule has 1 aromatic carbocycles. The van der Waals surface area contributed by atoms with E-state index < -0.39 is 5.91 Å². The van der Waals surface area contributed by atoms with Crippen LogP contribution in [0, 0.1) is 0 Å². The second-order valence-electron chi connectivity index (χ2n) is 3.70. The summed E-state index contributed by atoms with van der Waals surface area (Å²) in [7, 11) is 0. The number of carbonyl (C=O) groups is 1. The Morgan fingerprint density at radius 2 is 2.00 bits per heavy atom. The molecule has 0 fully saturated rings. The SMILES string of the molecule is CCOc1c(C(N)=O)ccnc1-c1ccccc1. The minimum absolute atomic E-state index is 0.353. The molecule has 0 aliphatic rings. The normalized spacial score (nSPS) is 10.1. The maximum absolute atomic E-state index is 11.4. The minimum atomic E-state index is -0.516. The van der Waals surface area contributed by atoms with Crippen LogP contribution in [-0.4, -0.2) is 17.5 Å². The van der Waals surface area contributed by atoms with Crippen LogP contribution in [0.2, 0.25) is 0 Å². The molecule has 0 bridgehead atoms. The van der Waals surface area contributed by atoms with Gasteiger partial charge in [-0.2, -0.15) is 0 Å². The standard InChI is InChI=1S/C14H14N2O2/c1-2-18-13-11(14(15)17)8-9-16-12(13)10-6-4-3-5-7-10/h3-9H,2H2,1H3,(H2,15,17). The van der Waals surface area contributed by atoms with Crippen LogP contribution in [0.1, 0.15) is 17.3 Å². The van der Waals surface area contributed by atoms with E-state index in [1.165, 1.54) is 0 Å². The van der Waals surface area contributed by atoms with Crippen LogP contribution in [0.25, 0.3) is 11.3 Å². The van der Waals surface area contributed by atoms with E-state index in [2.05, 4.69) is 4.98 Å². The summed E-state index contributed by atoms with van der Waals surface area (Å²) < 4.78 is 5.52. The highest BCUT2D eigenvalue weighted by Crippen LogP contribution is 2.30. The van der Waals surface area contributed by atoms with Crippen molar-refractivity contribution in [1.82, 2.24) is 4.98 Å². The molecule has 2 N–H and O–H groups in total. The topological polar surface area (TPSA) is 65.2 Å². The molecule has 0 atom stereocenters. The van der Waals surface area contributed by atoms with Crippen LogP contribution in [-0.2, 0) is 0 Å². The fourth-order valence-electron chi connectivity index (χ4n) is 1.73. The van der Waals surface area contributed by atoms with Gasteiger partial charge < -0.3 is 10.5 Å². The zero-order chi connectivity index (χ0) is 13.0. The van der Waals surface area contributed by atoms with Gasteiger partial charge in [-0.15, -0.1) is 0 Å². The lowest BCUT2D eigenvalue weighted by molar-refractivity contribution is 0.0996. The molecule has 0 spiro atoms. The maximum Gasteiger partial charge on any atom is 0.252 e. The van der Waals surface area contributed by atoms with Crippen molar-refractivity contribution in [3.05, 3.63) is 48.2 Å². The van der Waals surface area contributed by atoms with E-state index >= 15 is 0 Å². The van der Waals surface area contributed by atoms with Crippen LogP contribution in [0.3, 0.4) is 0 Å². The first kappa shape index (κ1) is 12.1. The predicted octanol–water partition coefficient (Wildman–Crippen LogP) is 2.25. The average Bonchev–Trinajstić information content (AvgIpc) is 2.40. The molecule has 4 nitrogen and oxygen atoms in total. The number of ether oxygens (including phenoxy) is 1.